The SMILES string of the molecule is CC(=O)OC(=O)COc1ccc(Cl)cc1C.[H-].[Na+]. The van der Waals surface area contributed by atoms with E-state index in [1.807, 2.05) is 0 Å². The summed E-state index contributed by atoms with van der Waals surface area (Å²) in [5, 5.41) is 0.594. The molecule has 88 valence electrons. The van der Waals surface area contributed by atoms with Gasteiger partial charge in [-0.2, -0.15) is 0 Å². The molecular formula is C11H12ClNaO4. The summed E-state index contributed by atoms with van der Waals surface area (Å²) < 4.78 is 9.48. The molecule has 0 radical (unpaired) electrons. The summed E-state index contributed by atoms with van der Waals surface area (Å²) in [7, 11) is 0. The van der Waals surface area contributed by atoms with Gasteiger partial charge in [-0.25, -0.2) is 4.79 Å². The largest absolute Gasteiger partial charge is 1.00 e. The molecule has 0 saturated carbocycles. The van der Waals surface area contributed by atoms with Crippen LogP contribution < -0.4 is 34.3 Å². The number of ether oxygens (including phenoxy) is 2. The summed E-state index contributed by atoms with van der Waals surface area (Å²) in [6.07, 6.45) is 0. The fourth-order valence-corrected chi connectivity index (χ4v) is 1.33. The molecule has 0 aliphatic carbocycles. The molecule has 0 aromatic heterocycles. The number of carbonyl (C=O) groups excluding carboxylic acids is 2. The van der Waals surface area contributed by atoms with E-state index in [1.165, 1.54) is 0 Å². The van der Waals surface area contributed by atoms with Crippen LogP contribution in [0.5, 0.6) is 5.75 Å². The van der Waals surface area contributed by atoms with Crippen molar-refractivity contribution in [1.82, 2.24) is 0 Å². The van der Waals surface area contributed by atoms with Crippen molar-refractivity contribution in [2.45, 2.75) is 13.8 Å². The summed E-state index contributed by atoms with van der Waals surface area (Å²) in [6, 6.07) is 5.02. The normalized spacial score (nSPS) is 9.12. The molecule has 0 fully saturated rings. The molecule has 0 atom stereocenters. The van der Waals surface area contributed by atoms with Gasteiger partial charge >= 0.3 is 41.5 Å². The predicted molar refractivity (Wildman–Crippen MR) is 59.6 cm³/mol. The molecule has 6 heteroatoms. The van der Waals surface area contributed by atoms with E-state index in [0.717, 1.165) is 12.5 Å². The third kappa shape index (κ3) is 6.07. The van der Waals surface area contributed by atoms with Crippen LogP contribution in [0.15, 0.2) is 18.2 Å². The first-order valence-corrected chi connectivity index (χ1v) is 4.97. The van der Waals surface area contributed by atoms with E-state index in [1.54, 1.807) is 25.1 Å². The van der Waals surface area contributed by atoms with E-state index in [9.17, 15) is 9.59 Å². The van der Waals surface area contributed by atoms with Crippen LogP contribution in [0.3, 0.4) is 0 Å². The monoisotopic (exact) mass is 266 g/mol. The second kappa shape index (κ2) is 7.71. The molecule has 0 bridgehead atoms. The number of carbonyl (C=O) groups is 2. The Labute approximate surface area is 128 Å². The Kier molecular flexibility index (Phi) is 7.46. The van der Waals surface area contributed by atoms with E-state index >= 15 is 0 Å². The number of benzene rings is 1. The summed E-state index contributed by atoms with van der Waals surface area (Å²) in [5.41, 5.74) is 0.808. The van der Waals surface area contributed by atoms with Crippen LogP contribution >= 0.6 is 11.6 Å². The standard InChI is InChI=1S/C11H11ClO4.Na.H/c1-7-5-9(12)3-4-10(7)15-6-11(14)16-8(2)13;;/h3-5H,6H2,1-2H3;;/q;+1;-1. The van der Waals surface area contributed by atoms with Gasteiger partial charge < -0.3 is 10.9 Å². The third-order valence-electron chi connectivity index (χ3n) is 1.74. The molecule has 0 aliphatic rings. The maximum atomic E-state index is 11.0. The zero-order valence-electron chi connectivity index (χ0n) is 11.0. The van der Waals surface area contributed by atoms with Crippen LogP contribution in [-0.2, 0) is 14.3 Å². The average molecular weight is 267 g/mol. The van der Waals surface area contributed by atoms with E-state index in [0.29, 0.717) is 10.8 Å². The Morgan fingerprint density at radius 3 is 2.59 bits per heavy atom. The minimum atomic E-state index is -0.721. The van der Waals surface area contributed by atoms with Crippen molar-refractivity contribution < 1.29 is 50.0 Å². The third-order valence-corrected chi connectivity index (χ3v) is 1.98. The number of aryl methyl sites for hydroxylation is 1. The van der Waals surface area contributed by atoms with Gasteiger partial charge in [0.05, 0.1) is 0 Å². The predicted octanol–water partition coefficient (Wildman–Crippen LogP) is -0.767. The van der Waals surface area contributed by atoms with Crippen molar-refractivity contribution >= 4 is 23.5 Å². The number of esters is 2. The Balaban J connectivity index is 0. The minimum absolute atomic E-state index is 0. The Hall–Kier alpha value is -0.550. The fourth-order valence-electron chi connectivity index (χ4n) is 1.10. The smallest absolute Gasteiger partial charge is 1.00 e. The van der Waals surface area contributed by atoms with E-state index in [4.69, 9.17) is 16.3 Å². The van der Waals surface area contributed by atoms with Gasteiger partial charge in [-0.15, -0.1) is 0 Å². The van der Waals surface area contributed by atoms with Crippen LogP contribution in [0.1, 0.15) is 13.9 Å². The summed E-state index contributed by atoms with van der Waals surface area (Å²) >= 11 is 5.76. The van der Waals surface area contributed by atoms with Gasteiger partial charge in [0.1, 0.15) is 5.75 Å². The number of hydrogen-bond acceptors (Lipinski definition) is 4. The van der Waals surface area contributed by atoms with E-state index in [-0.39, 0.29) is 37.6 Å². The van der Waals surface area contributed by atoms with Crippen LogP contribution in [0, 0.1) is 6.92 Å². The maximum absolute atomic E-state index is 11.0. The Bertz CT molecular complexity index is 426. The van der Waals surface area contributed by atoms with Gasteiger partial charge in [-0.05, 0) is 30.7 Å². The molecule has 17 heavy (non-hydrogen) atoms. The molecule has 1 aromatic rings. The molecule has 4 nitrogen and oxygen atoms in total. The Morgan fingerprint density at radius 1 is 1.41 bits per heavy atom. The van der Waals surface area contributed by atoms with Crippen molar-refractivity contribution in [3.05, 3.63) is 28.8 Å². The van der Waals surface area contributed by atoms with Crippen molar-refractivity contribution in [3.8, 4) is 5.75 Å². The second-order valence-corrected chi connectivity index (χ2v) is 3.60. The van der Waals surface area contributed by atoms with Crippen molar-refractivity contribution in [3.63, 3.8) is 0 Å². The van der Waals surface area contributed by atoms with E-state index in [2.05, 4.69) is 4.74 Å². The van der Waals surface area contributed by atoms with Crippen molar-refractivity contribution in [2.75, 3.05) is 6.61 Å². The molecule has 0 unspecified atom stereocenters. The summed E-state index contributed by atoms with van der Waals surface area (Å²) in [5.74, 6) is -0.840. The topological polar surface area (TPSA) is 52.6 Å². The quantitative estimate of drug-likeness (QED) is 0.410. The van der Waals surface area contributed by atoms with Gasteiger partial charge in [-0.1, -0.05) is 11.6 Å². The van der Waals surface area contributed by atoms with Gasteiger partial charge in [-0.3, -0.25) is 4.79 Å². The first-order chi connectivity index (χ1) is 7.49. The van der Waals surface area contributed by atoms with Gasteiger partial charge in [0.25, 0.3) is 0 Å². The number of hydrogen-bond donors (Lipinski definition) is 0. The number of rotatable bonds is 3. The molecule has 0 aliphatic heterocycles. The molecule has 0 N–H and O–H groups in total. The van der Waals surface area contributed by atoms with E-state index < -0.39 is 11.9 Å². The number of halogens is 1. The minimum Gasteiger partial charge on any atom is -1.00 e. The van der Waals surface area contributed by atoms with Gasteiger partial charge in [0.15, 0.2) is 6.61 Å². The Morgan fingerprint density at radius 2 is 2.06 bits per heavy atom. The molecule has 0 saturated heterocycles. The fraction of sp³-hybridized carbons (Fsp3) is 0.273. The van der Waals surface area contributed by atoms with Crippen molar-refractivity contribution in [2.24, 2.45) is 0 Å². The molecule has 0 heterocycles. The first kappa shape index (κ1) is 16.4. The summed E-state index contributed by atoms with van der Waals surface area (Å²) in [4.78, 5) is 21.5. The van der Waals surface area contributed by atoms with Gasteiger partial charge in [0.2, 0.25) is 0 Å². The molecular weight excluding hydrogens is 255 g/mol. The van der Waals surface area contributed by atoms with Crippen molar-refractivity contribution in [1.29, 1.82) is 0 Å². The van der Waals surface area contributed by atoms with Crippen LogP contribution in [0.4, 0.5) is 0 Å². The van der Waals surface area contributed by atoms with Crippen LogP contribution in [0.2, 0.25) is 5.02 Å². The molecule has 1 aromatic carbocycles. The molecule has 0 amide bonds. The zero-order chi connectivity index (χ0) is 12.1. The maximum Gasteiger partial charge on any atom is 1.00 e. The first-order valence-electron chi connectivity index (χ1n) is 4.59. The average Bonchev–Trinajstić information content (AvgIpc) is 2.15. The molecule has 1 rings (SSSR count). The summed E-state index contributed by atoms with van der Waals surface area (Å²) in [6.45, 7) is 2.66. The van der Waals surface area contributed by atoms with Crippen LogP contribution in [0.25, 0.3) is 0 Å². The van der Waals surface area contributed by atoms with Gasteiger partial charge in [0, 0.05) is 11.9 Å². The zero-order valence-corrected chi connectivity index (χ0v) is 12.7. The second-order valence-electron chi connectivity index (χ2n) is 3.16. The molecule has 0 spiro atoms. The van der Waals surface area contributed by atoms with Crippen LogP contribution in [-0.4, -0.2) is 18.5 Å².